The fourth-order valence-corrected chi connectivity index (χ4v) is 2.81. The number of rotatable bonds is 3. The molecule has 0 saturated heterocycles. The van der Waals surface area contributed by atoms with Crippen LogP contribution in [-0.2, 0) is 6.42 Å². The molecule has 0 aliphatic carbocycles. The number of hydrogen-bond acceptors (Lipinski definition) is 0. The minimum Gasteiger partial charge on any atom is -0.207 e. The number of benzene rings is 2. The molecule has 0 saturated carbocycles. The summed E-state index contributed by atoms with van der Waals surface area (Å²) in [5, 5.41) is 0. The molecule has 0 heterocycles. The van der Waals surface area contributed by atoms with E-state index in [0.29, 0.717) is 0 Å². The number of hydrogen-bond donors (Lipinski definition) is 0. The molecule has 0 spiro atoms. The average molecular weight is 293 g/mol. The van der Waals surface area contributed by atoms with Gasteiger partial charge in [-0.05, 0) is 42.2 Å². The Balaban J connectivity index is 2.17. The molecule has 0 aromatic heterocycles. The van der Waals surface area contributed by atoms with Gasteiger partial charge >= 0.3 is 0 Å². The molecule has 0 amide bonds. The van der Waals surface area contributed by atoms with Crippen LogP contribution in [0.3, 0.4) is 0 Å². The average Bonchev–Trinajstić information content (AvgIpc) is 2.29. The summed E-state index contributed by atoms with van der Waals surface area (Å²) in [6.07, 6.45) is 0.794. The van der Waals surface area contributed by atoms with Gasteiger partial charge in [-0.1, -0.05) is 52.3 Å². The van der Waals surface area contributed by atoms with Crippen LogP contribution < -0.4 is 0 Å². The summed E-state index contributed by atoms with van der Waals surface area (Å²) >= 11 is 3.68. The zero-order valence-electron chi connectivity index (χ0n) is 9.66. The van der Waals surface area contributed by atoms with Gasteiger partial charge in [0.25, 0.3) is 0 Å². The van der Waals surface area contributed by atoms with E-state index in [1.165, 1.54) is 17.2 Å². The van der Waals surface area contributed by atoms with Crippen molar-refractivity contribution in [3.8, 4) is 0 Å². The first-order chi connectivity index (χ1) is 8.16. The normalized spacial score (nSPS) is 12.4. The lowest BCUT2D eigenvalue weighted by Crippen LogP contribution is -1.98. The lowest BCUT2D eigenvalue weighted by molar-refractivity contribution is 0.625. The third kappa shape index (κ3) is 3.16. The first-order valence-corrected chi connectivity index (χ1v) is 6.52. The van der Waals surface area contributed by atoms with Crippen LogP contribution in [0.5, 0.6) is 0 Å². The van der Waals surface area contributed by atoms with Crippen LogP contribution in [0.15, 0.2) is 48.5 Å². The standard InChI is InChI=1S/C15H14BrF/c1-11-5-2-3-8-14(11)15(16)10-12-6-4-7-13(17)9-12/h2-9,15H,10H2,1H3. The number of aryl methyl sites for hydroxylation is 1. The van der Waals surface area contributed by atoms with E-state index in [2.05, 4.69) is 35.0 Å². The third-order valence-electron chi connectivity index (χ3n) is 2.83. The highest BCUT2D eigenvalue weighted by molar-refractivity contribution is 9.09. The maximum Gasteiger partial charge on any atom is 0.123 e. The summed E-state index contributed by atoms with van der Waals surface area (Å²) in [5.41, 5.74) is 3.53. The van der Waals surface area contributed by atoms with Gasteiger partial charge in [0.1, 0.15) is 5.82 Å². The van der Waals surface area contributed by atoms with Gasteiger partial charge in [-0.15, -0.1) is 0 Å². The van der Waals surface area contributed by atoms with Crippen molar-refractivity contribution in [2.75, 3.05) is 0 Å². The van der Waals surface area contributed by atoms with Crippen LogP contribution in [-0.4, -0.2) is 0 Å². The van der Waals surface area contributed by atoms with E-state index in [9.17, 15) is 4.39 Å². The van der Waals surface area contributed by atoms with Crippen LogP contribution in [0.2, 0.25) is 0 Å². The van der Waals surface area contributed by atoms with Gasteiger partial charge in [0.15, 0.2) is 0 Å². The summed E-state index contributed by atoms with van der Waals surface area (Å²) in [6.45, 7) is 2.09. The molecule has 17 heavy (non-hydrogen) atoms. The van der Waals surface area contributed by atoms with Crippen molar-refractivity contribution in [2.24, 2.45) is 0 Å². The van der Waals surface area contributed by atoms with Crippen molar-refractivity contribution in [1.82, 2.24) is 0 Å². The van der Waals surface area contributed by atoms with Crippen molar-refractivity contribution >= 4 is 15.9 Å². The molecule has 1 atom stereocenters. The lowest BCUT2D eigenvalue weighted by atomic mass is 10.0. The van der Waals surface area contributed by atoms with Crippen LogP contribution in [0.1, 0.15) is 21.5 Å². The van der Waals surface area contributed by atoms with Crippen molar-refractivity contribution in [3.05, 3.63) is 71.0 Å². The minimum atomic E-state index is -0.174. The van der Waals surface area contributed by atoms with Crippen molar-refractivity contribution in [2.45, 2.75) is 18.2 Å². The van der Waals surface area contributed by atoms with Gasteiger partial charge in [-0.25, -0.2) is 4.39 Å². The summed E-state index contributed by atoms with van der Waals surface area (Å²) in [6, 6.07) is 15.0. The molecule has 0 radical (unpaired) electrons. The molecule has 0 aliphatic rings. The molecule has 2 rings (SSSR count). The molecule has 0 N–H and O–H groups in total. The monoisotopic (exact) mass is 292 g/mol. The summed E-state index contributed by atoms with van der Waals surface area (Å²) in [5.74, 6) is -0.174. The van der Waals surface area contributed by atoms with Gasteiger partial charge in [0.2, 0.25) is 0 Å². The lowest BCUT2D eigenvalue weighted by Gasteiger charge is -2.13. The highest BCUT2D eigenvalue weighted by Crippen LogP contribution is 2.29. The Labute approximate surface area is 110 Å². The first-order valence-electron chi connectivity index (χ1n) is 5.61. The zero-order valence-corrected chi connectivity index (χ0v) is 11.2. The molecule has 1 unspecified atom stereocenters. The predicted molar refractivity (Wildman–Crippen MR) is 73.0 cm³/mol. The van der Waals surface area contributed by atoms with E-state index < -0.39 is 0 Å². The van der Waals surface area contributed by atoms with Crippen molar-refractivity contribution < 1.29 is 4.39 Å². The van der Waals surface area contributed by atoms with E-state index >= 15 is 0 Å². The second-order valence-electron chi connectivity index (χ2n) is 4.16. The first kappa shape index (κ1) is 12.3. The molecule has 88 valence electrons. The van der Waals surface area contributed by atoms with Crippen LogP contribution in [0.4, 0.5) is 4.39 Å². The predicted octanol–water partition coefficient (Wildman–Crippen LogP) is 4.81. The molecule has 2 aromatic rings. The maximum absolute atomic E-state index is 13.1. The summed E-state index contributed by atoms with van der Waals surface area (Å²) in [4.78, 5) is 0.227. The Morgan fingerprint density at radius 3 is 2.59 bits per heavy atom. The fourth-order valence-electron chi connectivity index (χ4n) is 1.92. The third-order valence-corrected chi connectivity index (χ3v) is 3.65. The summed E-state index contributed by atoms with van der Waals surface area (Å²) < 4.78 is 13.1. The molecule has 0 nitrogen and oxygen atoms in total. The topological polar surface area (TPSA) is 0 Å². The SMILES string of the molecule is Cc1ccccc1C(Br)Cc1cccc(F)c1. The summed E-state index contributed by atoms with van der Waals surface area (Å²) in [7, 11) is 0. The van der Waals surface area contributed by atoms with Gasteiger partial charge in [-0.2, -0.15) is 0 Å². The van der Waals surface area contributed by atoms with Gasteiger partial charge in [0, 0.05) is 4.83 Å². The van der Waals surface area contributed by atoms with E-state index in [-0.39, 0.29) is 10.6 Å². The quantitative estimate of drug-likeness (QED) is 0.712. The fraction of sp³-hybridized carbons (Fsp3) is 0.200. The van der Waals surface area contributed by atoms with Crippen LogP contribution in [0, 0.1) is 12.7 Å². The van der Waals surface area contributed by atoms with Gasteiger partial charge < -0.3 is 0 Å². The van der Waals surface area contributed by atoms with E-state index in [1.807, 2.05) is 18.2 Å². The second kappa shape index (κ2) is 5.46. The Morgan fingerprint density at radius 2 is 1.88 bits per heavy atom. The molecular formula is C15H14BrF. The molecule has 0 fully saturated rings. The highest BCUT2D eigenvalue weighted by Gasteiger charge is 2.10. The largest absolute Gasteiger partial charge is 0.207 e. The Kier molecular flexibility index (Phi) is 3.95. The van der Waals surface area contributed by atoms with E-state index in [0.717, 1.165) is 12.0 Å². The molecular weight excluding hydrogens is 279 g/mol. The second-order valence-corrected chi connectivity index (χ2v) is 5.26. The van der Waals surface area contributed by atoms with Crippen LogP contribution in [0.25, 0.3) is 0 Å². The Morgan fingerprint density at radius 1 is 1.12 bits per heavy atom. The van der Waals surface area contributed by atoms with Gasteiger partial charge in [-0.3, -0.25) is 0 Å². The van der Waals surface area contributed by atoms with Crippen molar-refractivity contribution in [3.63, 3.8) is 0 Å². The molecule has 0 bridgehead atoms. The molecule has 0 aliphatic heterocycles. The highest BCUT2D eigenvalue weighted by atomic mass is 79.9. The smallest absolute Gasteiger partial charge is 0.123 e. The zero-order chi connectivity index (χ0) is 12.3. The Hall–Kier alpha value is -1.15. The maximum atomic E-state index is 13.1. The molecule has 2 aromatic carbocycles. The van der Waals surface area contributed by atoms with Gasteiger partial charge in [0.05, 0.1) is 0 Å². The molecule has 2 heteroatoms. The minimum absolute atomic E-state index is 0.174. The Bertz CT molecular complexity index is 508. The van der Waals surface area contributed by atoms with E-state index in [1.54, 1.807) is 12.1 Å². The van der Waals surface area contributed by atoms with Crippen LogP contribution >= 0.6 is 15.9 Å². The number of halogens is 2. The van der Waals surface area contributed by atoms with Crippen molar-refractivity contribution in [1.29, 1.82) is 0 Å². The number of alkyl halides is 1. The van der Waals surface area contributed by atoms with E-state index in [4.69, 9.17) is 0 Å².